The van der Waals surface area contributed by atoms with Crippen LogP contribution < -0.4 is 5.32 Å². The third-order valence-electron chi connectivity index (χ3n) is 1.89. The fourth-order valence-electron chi connectivity index (χ4n) is 1.20. The van der Waals surface area contributed by atoms with Gasteiger partial charge in [-0.25, -0.2) is 0 Å². The number of aliphatic hydroxyl groups is 1. The first-order valence-electron chi connectivity index (χ1n) is 5.05. The molecule has 0 heterocycles. The number of hydrogen-bond donors (Lipinski definition) is 2. The smallest absolute Gasteiger partial charge is 0.392 e. The number of nitrogens with one attached hydrogen (secondary N) is 1. The molecular formula is C11H12F3NO3. The predicted molar refractivity (Wildman–Crippen MR) is 57.9 cm³/mol. The van der Waals surface area contributed by atoms with Crippen molar-refractivity contribution in [1.29, 1.82) is 0 Å². The van der Waals surface area contributed by atoms with Crippen LogP contribution in [0.1, 0.15) is 5.56 Å². The summed E-state index contributed by atoms with van der Waals surface area (Å²) in [5.41, 5.74) is 0.978. The summed E-state index contributed by atoms with van der Waals surface area (Å²) < 4.78 is 39.4. The number of aliphatic hydroxyl groups excluding tert-OH is 1. The van der Waals surface area contributed by atoms with E-state index >= 15 is 0 Å². The zero-order chi connectivity index (χ0) is 13.6. The van der Waals surface area contributed by atoms with E-state index in [0.29, 0.717) is 11.3 Å². The molecule has 0 radical (unpaired) electrons. The average Bonchev–Trinajstić information content (AvgIpc) is 2.27. The van der Waals surface area contributed by atoms with Gasteiger partial charge in [-0.05, 0) is 17.7 Å². The van der Waals surface area contributed by atoms with E-state index in [4.69, 9.17) is 5.11 Å². The highest BCUT2D eigenvalue weighted by molar-refractivity contribution is 5.91. The lowest BCUT2D eigenvalue weighted by molar-refractivity contribution is -0.174. The quantitative estimate of drug-likeness (QED) is 0.850. The van der Waals surface area contributed by atoms with E-state index in [2.05, 4.69) is 10.1 Å². The van der Waals surface area contributed by atoms with Crippen molar-refractivity contribution in [3.8, 4) is 0 Å². The number of halogens is 3. The van der Waals surface area contributed by atoms with E-state index in [9.17, 15) is 18.0 Å². The summed E-state index contributed by atoms with van der Waals surface area (Å²) in [5.74, 6) is -0.686. The van der Waals surface area contributed by atoms with E-state index in [0.717, 1.165) is 0 Å². The molecule has 0 bridgehead atoms. The summed E-state index contributed by atoms with van der Waals surface area (Å²) in [5, 5.41) is 11.2. The Kier molecular flexibility index (Phi) is 5.11. The summed E-state index contributed by atoms with van der Waals surface area (Å²) in [7, 11) is 0. The third kappa shape index (κ3) is 5.65. The monoisotopic (exact) mass is 263 g/mol. The molecule has 18 heavy (non-hydrogen) atoms. The molecule has 0 aliphatic rings. The maximum atomic E-state index is 11.7. The number of carbonyl (C=O) groups excluding carboxylic acids is 1. The lowest BCUT2D eigenvalue weighted by Gasteiger charge is -2.08. The molecule has 0 atom stereocenters. The zero-order valence-electron chi connectivity index (χ0n) is 9.33. The molecule has 0 saturated heterocycles. The fraction of sp³-hybridized carbons (Fsp3) is 0.364. The molecule has 1 aromatic rings. The van der Waals surface area contributed by atoms with E-state index in [1.165, 1.54) is 6.07 Å². The van der Waals surface area contributed by atoms with Crippen molar-refractivity contribution in [3.05, 3.63) is 29.8 Å². The SMILES string of the molecule is O=C(COCC(F)(F)F)Nc1cccc(CO)c1. The highest BCUT2D eigenvalue weighted by Gasteiger charge is 2.27. The molecule has 4 nitrogen and oxygen atoms in total. The number of alkyl halides is 3. The molecule has 2 N–H and O–H groups in total. The van der Waals surface area contributed by atoms with Crippen molar-refractivity contribution in [1.82, 2.24) is 0 Å². The molecule has 0 aliphatic carbocycles. The average molecular weight is 263 g/mol. The van der Waals surface area contributed by atoms with Gasteiger partial charge in [0, 0.05) is 5.69 Å². The molecule has 0 aliphatic heterocycles. The first-order chi connectivity index (χ1) is 8.40. The summed E-state index contributed by atoms with van der Waals surface area (Å²) in [6.07, 6.45) is -4.45. The lowest BCUT2D eigenvalue weighted by Crippen LogP contribution is -2.24. The van der Waals surface area contributed by atoms with Gasteiger partial charge in [0.25, 0.3) is 0 Å². The van der Waals surface area contributed by atoms with Crippen molar-refractivity contribution in [3.63, 3.8) is 0 Å². The molecule has 100 valence electrons. The lowest BCUT2D eigenvalue weighted by atomic mass is 10.2. The first kappa shape index (κ1) is 14.5. The molecule has 1 aromatic carbocycles. The van der Waals surface area contributed by atoms with Crippen molar-refractivity contribution in [2.24, 2.45) is 0 Å². The number of benzene rings is 1. The van der Waals surface area contributed by atoms with Crippen LogP contribution in [-0.2, 0) is 16.1 Å². The maximum absolute atomic E-state index is 11.7. The second-order valence-corrected chi connectivity index (χ2v) is 3.51. The number of amides is 1. The molecule has 7 heteroatoms. The van der Waals surface area contributed by atoms with Crippen molar-refractivity contribution < 1.29 is 27.8 Å². The second-order valence-electron chi connectivity index (χ2n) is 3.51. The van der Waals surface area contributed by atoms with Crippen LogP contribution >= 0.6 is 0 Å². The molecule has 1 amide bonds. The van der Waals surface area contributed by atoms with Crippen LogP contribution in [0.3, 0.4) is 0 Å². The molecule has 0 fully saturated rings. The van der Waals surface area contributed by atoms with Gasteiger partial charge in [-0.3, -0.25) is 4.79 Å². The van der Waals surface area contributed by atoms with Gasteiger partial charge in [0.05, 0.1) is 6.61 Å². The first-order valence-corrected chi connectivity index (χ1v) is 5.05. The van der Waals surface area contributed by atoms with Gasteiger partial charge >= 0.3 is 6.18 Å². The largest absolute Gasteiger partial charge is 0.411 e. The molecular weight excluding hydrogens is 251 g/mol. The Morgan fingerprint density at radius 3 is 2.72 bits per heavy atom. The Bertz CT molecular complexity index is 407. The van der Waals surface area contributed by atoms with Crippen LogP contribution in [0.15, 0.2) is 24.3 Å². The summed E-state index contributed by atoms with van der Waals surface area (Å²) in [4.78, 5) is 11.2. The highest BCUT2D eigenvalue weighted by Crippen LogP contribution is 2.14. The summed E-state index contributed by atoms with van der Waals surface area (Å²) >= 11 is 0. The predicted octanol–water partition coefficient (Wildman–Crippen LogP) is 1.70. The highest BCUT2D eigenvalue weighted by atomic mass is 19.4. The normalized spacial score (nSPS) is 11.3. The van der Waals surface area contributed by atoms with Crippen LogP contribution in [0.2, 0.25) is 0 Å². The van der Waals surface area contributed by atoms with Gasteiger partial charge in [-0.1, -0.05) is 12.1 Å². The van der Waals surface area contributed by atoms with Crippen LogP contribution in [0.25, 0.3) is 0 Å². The van der Waals surface area contributed by atoms with Crippen molar-refractivity contribution in [2.45, 2.75) is 12.8 Å². The second kappa shape index (κ2) is 6.36. The van der Waals surface area contributed by atoms with Gasteiger partial charge in [-0.2, -0.15) is 13.2 Å². The zero-order valence-corrected chi connectivity index (χ0v) is 9.33. The molecule has 0 unspecified atom stereocenters. The number of anilines is 1. The standard InChI is InChI=1S/C11H12F3NO3/c12-11(13,14)7-18-6-10(17)15-9-3-1-2-8(4-9)5-16/h1-4,16H,5-7H2,(H,15,17). The van der Waals surface area contributed by atoms with Crippen LogP contribution in [0, 0.1) is 0 Å². The minimum absolute atomic E-state index is 0.186. The van der Waals surface area contributed by atoms with E-state index in [1.807, 2.05) is 0 Å². The number of carbonyl (C=O) groups is 1. The number of rotatable bonds is 5. The van der Waals surface area contributed by atoms with E-state index < -0.39 is 25.3 Å². The Morgan fingerprint density at radius 2 is 2.11 bits per heavy atom. The summed E-state index contributed by atoms with van der Waals surface area (Å²) in [6.45, 7) is -2.33. The van der Waals surface area contributed by atoms with Crippen LogP contribution in [0.5, 0.6) is 0 Å². The van der Waals surface area contributed by atoms with Gasteiger partial charge in [0.2, 0.25) is 5.91 Å². The molecule has 0 spiro atoms. The van der Waals surface area contributed by atoms with Crippen molar-refractivity contribution in [2.75, 3.05) is 18.5 Å². The minimum atomic E-state index is -4.45. The Labute approximate surface area is 101 Å². The summed E-state index contributed by atoms with van der Waals surface area (Å²) in [6, 6.07) is 6.33. The van der Waals surface area contributed by atoms with E-state index in [-0.39, 0.29) is 6.61 Å². The molecule has 1 rings (SSSR count). The molecule has 0 aromatic heterocycles. The van der Waals surface area contributed by atoms with Crippen molar-refractivity contribution >= 4 is 11.6 Å². The molecule has 0 saturated carbocycles. The Balaban J connectivity index is 2.40. The topological polar surface area (TPSA) is 58.6 Å². The van der Waals surface area contributed by atoms with Crippen LogP contribution in [0.4, 0.5) is 18.9 Å². The fourth-order valence-corrected chi connectivity index (χ4v) is 1.20. The Hall–Kier alpha value is -1.60. The van der Waals surface area contributed by atoms with E-state index in [1.54, 1.807) is 18.2 Å². The third-order valence-corrected chi connectivity index (χ3v) is 1.89. The van der Waals surface area contributed by atoms with Gasteiger partial charge in [-0.15, -0.1) is 0 Å². The maximum Gasteiger partial charge on any atom is 0.411 e. The number of hydrogen-bond acceptors (Lipinski definition) is 3. The minimum Gasteiger partial charge on any atom is -0.392 e. The van der Waals surface area contributed by atoms with Gasteiger partial charge < -0.3 is 15.2 Å². The van der Waals surface area contributed by atoms with Crippen LogP contribution in [-0.4, -0.2) is 30.4 Å². The Morgan fingerprint density at radius 1 is 1.39 bits per heavy atom. The number of ether oxygens (including phenoxy) is 1. The van der Waals surface area contributed by atoms with Gasteiger partial charge in [0.15, 0.2) is 0 Å². The van der Waals surface area contributed by atoms with Gasteiger partial charge in [0.1, 0.15) is 13.2 Å².